The number of aliphatic carboxylic acids is 1. The van der Waals surface area contributed by atoms with E-state index in [2.05, 4.69) is 10.3 Å². The number of nitrogens with one attached hydrogen (secondary N) is 1. The van der Waals surface area contributed by atoms with Crippen LogP contribution in [0.2, 0.25) is 5.02 Å². The predicted octanol–water partition coefficient (Wildman–Crippen LogP) is 6.28. The normalized spacial score (nSPS) is 13.1. The molecule has 39 heavy (non-hydrogen) atoms. The van der Waals surface area contributed by atoms with Gasteiger partial charge in [0.25, 0.3) is 0 Å². The Bertz CT molecular complexity index is 1500. The quantitative estimate of drug-likeness (QED) is 0.336. The number of amides is 1. The van der Waals surface area contributed by atoms with E-state index in [0.29, 0.717) is 46.7 Å². The molecule has 204 valence electrons. The Balaban J connectivity index is 1.84. The smallest absolute Gasteiger partial charge is 0.307 e. The van der Waals surface area contributed by atoms with Gasteiger partial charge in [-0.05, 0) is 87.1 Å². The molecule has 0 fully saturated rings. The van der Waals surface area contributed by atoms with Crippen molar-refractivity contribution < 1.29 is 28.2 Å². The summed E-state index contributed by atoms with van der Waals surface area (Å²) in [5.41, 5.74) is 5.01. The van der Waals surface area contributed by atoms with Crippen LogP contribution in [-0.2, 0) is 29.0 Å². The number of rotatable bonds is 7. The fraction of sp³-hybridized carbons (Fsp3) is 0.300. The number of carboxylic acid groups (broad SMARTS) is 1. The van der Waals surface area contributed by atoms with E-state index in [4.69, 9.17) is 16.3 Å². The molecule has 3 aromatic rings. The SMILES string of the molecule is C/C(=C\c1c(C)nc(C)c(CC(=O)O)c1-c1cc(F)c2c(c1C)CCCO2)C(=O)NCc1c(F)cccc1Cl. The lowest BCUT2D eigenvalue weighted by molar-refractivity contribution is -0.136. The third kappa shape index (κ3) is 5.81. The number of carbonyl (C=O) groups is 2. The van der Waals surface area contributed by atoms with Crippen molar-refractivity contribution >= 4 is 29.6 Å². The summed E-state index contributed by atoms with van der Waals surface area (Å²) in [6.45, 7) is 7.24. The minimum absolute atomic E-state index is 0.118. The Morgan fingerprint density at radius 3 is 2.59 bits per heavy atom. The van der Waals surface area contributed by atoms with Crippen molar-refractivity contribution in [3.63, 3.8) is 0 Å². The van der Waals surface area contributed by atoms with E-state index in [-0.39, 0.29) is 34.9 Å². The van der Waals surface area contributed by atoms with E-state index in [1.165, 1.54) is 24.3 Å². The van der Waals surface area contributed by atoms with Crippen LogP contribution in [0, 0.1) is 32.4 Å². The molecular weight excluding hydrogens is 526 g/mol. The van der Waals surface area contributed by atoms with E-state index in [0.717, 1.165) is 17.5 Å². The number of hydrogen-bond donors (Lipinski definition) is 2. The minimum Gasteiger partial charge on any atom is -0.490 e. The predicted molar refractivity (Wildman–Crippen MR) is 146 cm³/mol. The second kappa shape index (κ2) is 11.5. The summed E-state index contributed by atoms with van der Waals surface area (Å²) in [4.78, 5) is 29.4. The van der Waals surface area contributed by atoms with Gasteiger partial charge in [-0.15, -0.1) is 0 Å². The Hall–Kier alpha value is -3.78. The molecule has 0 spiro atoms. The molecule has 1 amide bonds. The third-order valence-electron chi connectivity index (χ3n) is 6.97. The maximum absolute atomic E-state index is 15.3. The standard InChI is InChI=1S/C30H29ClF2N2O4/c1-15(30(38)34-14-23-24(31)8-5-9-25(23)32)11-21-17(3)35-18(4)22(13-27(36)37)28(21)20-12-26(33)29-19(16(20)2)7-6-10-39-29/h5,8-9,11-12H,6-7,10,13-14H2,1-4H3,(H,34,38)(H,36,37)/b15-11+. The van der Waals surface area contributed by atoms with Gasteiger partial charge in [0.2, 0.25) is 5.91 Å². The maximum atomic E-state index is 15.3. The first-order chi connectivity index (χ1) is 18.5. The molecule has 2 heterocycles. The van der Waals surface area contributed by atoms with Gasteiger partial charge in [-0.3, -0.25) is 14.6 Å². The van der Waals surface area contributed by atoms with Crippen molar-refractivity contribution in [3.05, 3.63) is 85.7 Å². The summed E-state index contributed by atoms with van der Waals surface area (Å²) in [6, 6.07) is 5.65. The van der Waals surface area contributed by atoms with Gasteiger partial charge in [-0.1, -0.05) is 17.7 Å². The summed E-state index contributed by atoms with van der Waals surface area (Å²) < 4.78 is 35.0. The zero-order chi connectivity index (χ0) is 28.4. The van der Waals surface area contributed by atoms with Crippen molar-refractivity contribution in [2.24, 2.45) is 0 Å². The molecule has 0 saturated carbocycles. The van der Waals surface area contributed by atoms with Crippen LogP contribution in [0.3, 0.4) is 0 Å². The molecule has 6 nitrogen and oxygen atoms in total. The lowest BCUT2D eigenvalue weighted by Crippen LogP contribution is -2.24. The van der Waals surface area contributed by atoms with Crippen molar-refractivity contribution in [2.45, 2.75) is 53.5 Å². The molecule has 1 aromatic heterocycles. The van der Waals surface area contributed by atoms with Crippen molar-refractivity contribution in [3.8, 4) is 16.9 Å². The van der Waals surface area contributed by atoms with Crippen LogP contribution in [0.25, 0.3) is 17.2 Å². The fourth-order valence-electron chi connectivity index (χ4n) is 4.96. The molecule has 0 atom stereocenters. The molecule has 2 aromatic carbocycles. The van der Waals surface area contributed by atoms with Gasteiger partial charge in [0.15, 0.2) is 11.6 Å². The molecule has 1 aliphatic heterocycles. The molecule has 9 heteroatoms. The van der Waals surface area contributed by atoms with Gasteiger partial charge in [-0.25, -0.2) is 8.78 Å². The number of benzene rings is 2. The number of hydrogen-bond acceptors (Lipinski definition) is 4. The monoisotopic (exact) mass is 554 g/mol. The average molecular weight is 555 g/mol. The number of aryl methyl sites for hydroxylation is 2. The first-order valence-corrected chi connectivity index (χ1v) is 12.9. The van der Waals surface area contributed by atoms with Gasteiger partial charge in [0.1, 0.15) is 5.82 Å². The third-order valence-corrected chi connectivity index (χ3v) is 7.33. The Labute approximate surface area is 230 Å². The highest BCUT2D eigenvalue weighted by Gasteiger charge is 2.26. The van der Waals surface area contributed by atoms with E-state index >= 15 is 4.39 Å². The van der Waals surface area contributed by atoms with Crippen LogP contribution >= 0.6 is 11.6 Å². The first-order valence-electron chi connectivity index (χ1n) is 12.6. The van der Waals surface area contributed by atoms with Crippen LogP contribution in [0.15, 0.2) is 29.8 Å². The van der Waals surface area contributed by atoms with Crippen LogP contribution < -0.4 is 10.1 Å². The van der Waals surface area contributed by atoms with Gasteiger partial charge < -0.3 is 15.2 Å². The number of aromatic nitrogens is 1. The number of pyridine rings is 1. The summed E-state index contributed by atoms with van der Waals surface area (Å²) in [5.74, 6) is -2.36. The van der Waals surface area contributed by atoms with Gasteiger partial charge in [0.05, 0.1) is 13.0 Å². The topological polar surface area (TPSA) is 88.5 Å². The summed E-state index contributed by atoms with van der Waals surface area (Å²) in [6.07, 6.45) is 2.65. The van der Waals surface area contributed by atoms with Crippen molar-refractivity contribution in [1.82, 2.24) is 10.3 Å². The van der Waals surface area contributed by atoms with Crippen LogP contribution in [0.4, 0.5) is 8.78 Å². The molecule has 0 radical (unpaired) electrons. The second-order valence-corrected chi connectivity index (χ2v) is 10.0. The Morgan fingerprint density at radius 2 is 1.90 bits per heavy atom. The zero-order valence-electron chi connectivity index (χ0n) is 22.2. The first kappa shape index (κ1) is 28.2. The Kier molecular flexibility index (Phi) is 8.35. The molecule has 0 aliphatic carbocycles. The molecule has 4 rings (SSSR count). The molecule has 0 bridgehead atoms. The summed E-state index contributed by atoms with van der Waals surface area (Å²) in [5, 5.41) is 12.6. The van der Waals surface area contributed by atoms with Crippen LogP contribution in [-0.4, -0.2) is 28.6 Å². The molecule has 1 aliphatic rings. The van der Waals surface area contributed by atoms with Gasteiger partial charge >= 0.3 is 5.97 Å². The summed E-state index contributed by atoms with van der Waals surface area (Å²) in [7, 11) is 0. The highest BCUT2D eigenvalue weighted by molar-refractivity contribution is 6.31. The minimum atomic E-state index is -1.06. The van der Waals surface area contributed by atoms with Gasteiger partial charge in [0, 0.05) is 45.2 Å². The lowest BCUT2D eigenvalue weighted by atomic mass is 9.85. The molecular formula is C30H29ClF2N2O4. The lowest BCUT2D eigenvalue weighted by Gasteiger charge is -2.24. The van der Waals surface area contributed by atoms with Crippen molar-refractivity contribution in [2.75, 3.05) is 6.61 Å². The second-order valence-electron chi connectivity index (χ2n) is 9.62. The highest BCUT2D eigenvalue weighted by atomic mass is 35.5. The van der Waals surface area contributed by atoms with E-state index < -0.39 is 23.5 Å². The molecule has 2 N–H and O–H groups in total. The zero-order valence-corrected chi connectivity index (χ0v) is 22.9. The largest absolute Gasteiger partial charge is 0.490 e. The average Bonchev–Trinajstić information content (AvgIpc) is 2.88. The van der Waals surface area contributed by atoms with Crippen LogP contribution in [0.1, 0.15) is 52.5 Å². The van der Waals surface area contributed by atoms with E-state index in [1.54, 1.807) is 26.8 Å². The van der Waals surface area contributed by atoms with Crippen LogP contribution in [0.5, 0.6) is 5.75 Å². The summed E-state index contributed by atoms with van der Waals surface area (Å²) >= 11 is 6.08. The number of fused-ring (bicyclic) bond motifs is 1. The Morgan fingerprint density at radius 1 is 1.15 bits per heavy atom. The molecule has 0 unspecified atom stereocenters. The van der Waals surface area contributed by atoms with Crippen molar-refractivity contribution in [1.29, 1.82) is 0 Å². The number of ether oxygens (including phenoxy) is 1. The number of halogens is 3. The maximum Gasteiger partial charge on any atom is 0.307 e. The highest BCUT2D eigenvalue weighted by Crippen LogP contribution is 2.41. The number of carbonyl (C=O) groups excluding carboxylic acids is 1. The van der Waals surface area contributed by atoms with E-state index in [9.17, 15) is 19.1 Å². The number of nitrogens with zero attached hydrogens (tertiary/aromatic N) is 1. The molecule has 0 saturated heterocycles. The number of carboxylic acids is 1. The van der Waals surface area contributed by atoms with Gasteiger partial charge in [-0.2, -0.15) is 0 Å². The van der Waals surface area contributed by atoms with E-state index in [1.807, 2.05) is 6.92 Å². The fourth-order valence-corrected chi connectivity index (χ4v) is 5.19.